The van der Waals surface area contributed by atoms with Gasteiger partial charge < -0.3 is 10.6 Å². The van der Waals surface area contributed by atoms with Crippen LogP contribution in [0.5, 0.6) is 0 Å². The van der Waals surface area contributed by atoms with Crippen LogP contribution in [0.25, 0.3) is 0 Å². The fourth-order valence-corrected chi connectivity index (χ4v) is 2.33. The highest BCUT2D eigenvalue weighted by Crippen LogP contribution is 2.19. The molecular formula is C17H17ClF2N2O. The van der Waals surface area contributed by atoms with Crippen molar-refractivity contribution in [1.29, 1.82) is 0 Å². The molecule has 6 heteroatoms. The van der Waals surface area contributed by atoms with Crippen molar-refractivity contribution in [2.75, 3.05) is 11.9 Å². The summed E-state index contributed by atoms with van der Waals surface area (Å²) in [6.07, 6.45) is 0. The molecule has 3 nitrogen and oxygen atoms in total. The summed E-state index contributed by atoms with van der Waals surface area (Å²) in [6.45, 7) is 3.66. The van der Waals surface area contributed by atoms with Gasteiger partial charge in [-0.25, -0.2) is 8.78 Å². The maximum absolute atomic E-state index is 13.2. The van der Waals surface area contributed by atoms with Crippen LogP contribution in [0, 0.1) is 18.6 Å². The number of carbonyl (C=O) groups is 1. The van der Waals surface area contributed by atoms with Crippen LogP contribution >= 0.6 is 11.6 Å². The first-order chi connectivity index (χ1) is 10.9. The molecule has 2 N–H and O–H groups in total. The zero-order valence-electron chi connectivity index (χ0n) is 12.8. The molecule has 0 unspecified atom stereocenters. The molecular weight excluding hydrogens is 322 g/mol. The highest BCUT2D eigenvalue weighted by Gasteiger charge is 2.11. The zero-order chi connectivity index (χ0) is 17.0. The van der Waals surface area contributed by atoms with Gasteiger partial charge in [-0.15, -0.1) is 0 Å². The number of halogens is 3. The van der Waals surface area contributed by atoms with Crippen molar-refractivity contribution < 1.29 is 13.6 Å². The Morgan fingerprint density at radius 3 is 2.57 bits per heavy atom. The highest BCUT2D eigenvalue weighted by atomic mass is 35.5. The average molecular weight is 339 g/mol. The molecule has 0 fully saturated rings. The maximum atomic E-state index is 13.2. The van der Waals surface area contributed by atoms with E-state index < -0.39 is 11.6 Å². The van der Waals surface area contributed by atoms with E-state index in [4.69, 9.17) is 11.6 Å². The maximum Gasteiger partial charge on any atom is 0.238 e. The lowest BCUT2D eigenvalue weighted by Gasteiger charge is -2.15. The lowest BCUT2D eigenvalue weighted by Crippen LogP contribution is -2.30. The van der Waals surface area contributed by atoms with E-state index in [1.807, 2.05) is 6.92 Å². The summed E-state index contributed by atoms with van der Waals surface area (Å²) in [5.41, 5.74) is 2.11. The van der Waals surface area contributed by atoms with Crippen molar-refractivity contribution in [3.05, 3.63) is 64.2 Å². The van der Waals surface area contributed by atoms with E-state index in [1.54, 1.807) is 25.1 Å². The van der Waals surface area contributed by atoms with Gasteiger partial charge in [-0.2, -0.15) is 0 Å². The van der Waals surface area contributed by atoms with E-state index in [-0.39, 0.29) is 18.5 Å². The molecule has 1 amide bonds. The largest absolute Gasteiger partial charge is 0.325 e. The van der Waals surface area contributed by atoms with E-state index in [0.717, 1.165) is 17.7 Å². The van der Waals surface area contributed by atoms with Crippen LogP contribution in [0.15, 0.2) is 36.4 Å². The summed E-state index contributed by atoms with van der Waals surface area (Å²) < 4.78 is 26.1. The second kappa shape index (κ2) is 7.53. The van der Waals surface area contributed by atoms with Crippen LogP contribution in [0.2, 0.25) is 5.02 Å². The lowest BCUT2D eigenvalue weighted by atomic mass is 10.1. The third-order valence-corrected chi connectivity index (χ3v) is 3.71. The van der Waals surface area contributed by atoms with Crippen LogP contribution < -0.4 is 10.6 Å². The van der Waals surface area contributed by atoms with Gasteiger partial charge in [-0.3, -0.25) is 4.79 Å². The van der Waals surface area contributed by atoms with Crippen LogP contribution in [0.4, 0.5) is 14.5 Å². The van der Waals surface area contributed by atoms with E-state index >= 15 is 0 Å². The van der Waals surface area contributed by atoms with Gasteiger partial charge in [-0.1, -0.05) is 17.7 Å². The molecule has 0 aliphatic heterocycles. The molecule has 0 aromatic heterocycles. The Hall–Kier alpha value is -1.98. The molecule has 0 radical (unpaired) electrons. The summed E-state index contributed by atoms with van der Waals surface area (Å²) in [7, 11) is 0. The average Bonchev–Trinajstić information content (AvgIpc) is 2.50. The van der Waals surface area contributed by atoms with Crippen molar-refractivity contribution in [2.45, 2.75) is 19.9 Å². The molecule has 0 spiro atoms. The normalized spacial score (nSPS) is 12.0. The van der Waals surface area contributed by atoms with Gasteiger partial charge in [0.25, 0.3) is 0 Å². The Morgan fingerprint density at radius 1 is 1.17 bits per heavy atom. The number of carbonyl (C=O) groups excluding carboxylic acids is 1. The predicted molar refractivity (Wildman–Crippen MR) is 87.6 cm³/mol. The molecule has 0 aliphatic carbocycles. The number of anilines is 1. The predicted octanol–water partition coefficient (Wildman–Crippen LogP) is 4.22. The Balaban J connectivity index is 1.91. The minimum Gasteiger partial charge on any atom is -0.325 e. The van der Waals surface area contributed by atoms with E-state index in [1.165, 1.54) is 6.07 Å². The SMILES string of the molecule is Cc1cc(Cl)ccc1NC(=O)CN[C@@H](C)c1ccc(F)c(F)c1. The second-order valence-corrected chi connectivity index (χ2v) is 5.72. The molecule has 2 aromatic carbocycles. The van der Waals surface area contributed by atoms with E-state index in [2.05, 4.69) is 10.6 Å². The molecule has 2 rings (SSSR count). The fourth-order valence-electron chi connectivity index (χ4n) is 2.11. The van der Waals surface area contributed by atoms with Crippen LogP contribution in [0.1, 0.15) is 24.1 Å². The topological polar surface area (TPSA) is 41.1 Å². The second-order valence-electron chi connectivity index (χ2n) is 5.28. The first-order valence-electron chi connectivity index (χ1n) is 7.11. The standard InChI is InChI=1S/C17H17ClF2N2O/c1-10-7-13(18)4-6-16(10)22-17(23)9-21-11(2)12-3-5-14(19)15(20)8-12/h3-8,11,21H,9H2,1-2H3,(H,22,23)/t11-/m0/s1. The third kappa shape index (κ3) is 4.74. The van der Waals surface area contributed by atoms with E-state index in [9.17, 15) is 13.6 Å². The highest BCUT2D eigenvalue weighted by molar-refractivity contribution is 6.30. The summed E-state index contributed by atoms with van der Waals surface area (Å²) in [5, 5.41) is 6.34. The van der Waals surface area contributed by atoms with Crippen molar-refractivity contribution in [3.63, 3.8) is 0 Å². The quantitative estimate of drug-likeness (QED) is 0.857. The number of amides is 1. The molecule has 0 bridgehead atoms. The van der Waals surface area contributed by atoms with Crippen LogP contribution in [-0.4, -0.2) is 12.5 Å². The zero-order valence-corrected chi connectivity index (χ0v) is 13.5. The summed E-state index contributed by atoms with van der Waals surface area (Å²) >= 11 is 5.87. The molecule has 2 aromatic rings. The number of hydrogen-bond donors (Lipinski definition) is 2. The van der Waals surface area contributed by atoms with Crippen molar-refractivity contribution in [3.8, 4) is 0 Å². The number of nitrogens with one attached hydrogen (secondary N) is 2. The fraction of sp³-hybridized carbons (Fsp3) is 0.235. The molecule has 0 saturated carbocycles. The van der Waals surface area contributed by atoms with Gasteiger partial charge in [-0.05, 0) is 55.3 Å². The first kappa shape index (κ1) is 17.4. The Bertz CT molecular complexity index is 722. The van der Waals surface area contributed by atoms with Crippen LogP contribution in [0.3, 0.4) is 0 Å². The Labute approximate surface area is 138 Å². The number of aryl methyl sites for hydroxylation is 1. The molecule has 122 valence electrons. The smallest absolute Gasteiger partial charge is 0.238 e. The van der Waals surface area contributed by atoms with Gasteiger partial charge >= 0.3 is 0 Å². The van der Waals surface area contributed by atoms with Crippen molar-refractivity contribution in [1.82, 2.24) is 5.32 Å². The van der Waals surface area contributed by atoms with Gasteiger partial charge in [0, 0.05) is 16.8 Å². The minimum atomic E-state index is -0.905. The summed E-state index contributed by atoms with van der Waals surface area (Å²) in [4.78, 5) is 12.0. The Kier molecular flexibility index (Phi) is 5.69. The molecule has 0 heterocycles. The molecule has 1 atom stereocenters. The number of benzene rings is 2. The third-order valence-electron chi connectivity index (χ3n) is 3.48. The van der Waals surface area contributed by atoms with E-state index in [0.29, 0.717) is 16.3 Å². The number of hydrogen-bond acceptors (Lipinski definition) is 2. The summed E-state index contributed by atoms with van der Waals surface area (Å²) in [6, 6.07) is 8.57. The lowest BCUT2D eigenvalue weighted by molar-refractivity contribution is -0.115. The molecule has 23 heavy (non-hydrogen) atoms. The van der Waals surface area contributed by atoms with Crippen molar-refractivity contribution in [2.24, 2.45) is 0 Å². The summed E-state index contributed by atoms with van der Waals surface area (Å²) in [5.74, 6) is -2.03. The monoisotopic (exact) mass is 338 g/mol. The van der Waals surface area contributed by atoms with Gasteiger partial charge in [0.05, 0.1) is 6.54 Å². The number of rotatable bonds is 5. The molecule has 0 aliphatic rings. The minimum absolute atomic E-state index is 0.0439. The first-order valence-corrected chi connectivity index (χ1v) is 7.49. The molecule has 0 saturated heterocycles. The Morgan fingerprint density at radius 2 is 1.91 bits per heavy atom. The van der Waals surface area contributed by atoms with Gasteiger partial charge in [0.15, 0.2) is 11.6 Å². The van der Waals surface area contributed by atoms with Crippen LogP contribution in [-0.2, 0) is 4.79 Å². The van der Waals surface area contributed by atoms with Gasteiger partial charge in [0.2, 0.25) is 5.91 Å². The van der Waals surface area contributed by atoms with Gasteiger partial charge in [0.1, 0.15) is 0 Å². The van der Waals surface area contributed by atoms with Crippen molar-refractivity contribution >= 4 is 23.2 Å².